The highest BCUT2D eigenvalue weighted by atomic mass is 16.6. The fourth-order valence-electron chi connectivity index (χ4n) is 3.71. The van der Waals surface area contributed by atoms with Gasteiger partial charge in [-0.15, -0.1) is 0 Å². The van der Waals surface area contributed by atoms with Crippen molar-refractivity contribution in [3.05, 3.63) is 59.9 Å². The summed E-state index contributed by atoms with van der Waals surface area (Å²) in [7, 11) is 0. The van der Waals surface area contributed by atoms with Crippen LogP contribution in [-0.2, 0) is 21.4 Å². The number of aliphatic imine (C=N–C) groups is 1. The van der Waals surface area contributed by atoms with E-state index in [9.17, 15) is 9.59 Å². The Morgan fingerprint density at radius 3 is 1.87 bits per heavy atom. The summed E-state index contributed by atoms with van der Waals surface area (Å²) < 4.78 is 10.6. The van der Waals surface area contributed by atoms with Crippen LogP contribution in [0.15, 0.2) is 53.8 Å². The number of carbonyl (C=O) groups excluding carboxylic acids is 2. The van der Waals surface area contributed by atoms with E-state index in [1.807, 2.05) is 18.2 Å². The van der Waals surface area contributed by atoms with Gasteiger partial charge in [-0.05, 0) is 52.5 Å². The van der Waals surface area contributed by atoms with Crippen molar-refractivity contribution in [2.75, 3.05) is 0 Å². The third-order valence-corrected chi connectivity index (χ3v) is 5.42. The molecular formula is C30H39N5O4. The number of guanidine groups is 1. The van der Waals surface area contributed by atoms with Crippen LogP contribution in [0.5, 0.6) is 0 Å². The van der Waals surface area contributed by atoms with Gasteiger partial charge in [0.05, 0.1) is 17.8 Å². The minimum absolute atomic E-state index is 0.0514. The van der Waals surface area contributed by atoms with Crippen molar-refractivity contribution < 1.29 is 19.1 Å². The van der Waals surface area contributed by atoms with E-state index in [-0.39, 0.29) is 17.9 Å². The van der Waals surface area contributed by atoms with Gasteiger partial charge >= 0.3 is 12.2 Å². The van der Waals surface area contributed by atoms with E-state index in [0.717, 1.165) is 27.7 Å². The van der Waals surface area contributed by atoms with Crippen LogP contribution in [0.2, 0.25) is 0 Å². The van der Waals surface area contributed by atoms with Crippen LogP contribution in [0.4, 0.5) is 9.59 Å². The van der Waals surface area contributed by atoms with Gasteiger partial charge in [0.1, 0.15) is 17.5 Å². The summed E-state index contributed by atoms with van der Waals surface area (Å²) >= 11 is 0. The molecule has 0 spiro atoms. The smallest absolute Gasteiger partial charge is 0.414 e. The van der Waals surface area contributed by atoms with Crippen molar-refractivity contribution in [3.8, 4) is 11.3 Å². The minimum Gasteiger partial charge on any atom is -0.444 e. The van der Waals surface area contributed by atoms with Gasteiger partial charge in [-0.3, -0.25) is 10.6 Å². The van der Waals surface area contributed by atoms with E-state index in [2.05, 4.69) is 70.6 Å². The van der Waals surface area contributed by atoms with Gasteiger partial charge in [-0.2, -0.15) is 0 Å². The van der Waals surface area contributed by atoms with Crippen molar-refractivity contribution in [2.45, 2.75) is 85.5 Å². The third-order valence-electron chi connectivity index (χ3n) is 5.42. The topological polar surface area (TPSA) is 115 Å². The first-order chi connectivity index (χ1) is 18.0. The quantitative estimate of drug-likeness (QED) is 0.293. The van der Waals surface area contributed by atoms with Gasteiger partial charge in [0.25, 0.3) is 0 Å². The molecule has 2 N–H and O–H groups in total. The summed E-state index contributed by atoms with van der Waals surface area (Å²) in [6, 6.07) is 14.1. The number of nitrogens with zero attached hydrogens (tertiary/aromatic N) is 3. The molecule has 1 aromatic heterocycles. The van der Waals surface area contributed by atoms with Gasteiger partial charge in [0.15, 0.2) is 0 Å². The van der Waals surface area contributed by atoms with Crippen molar-refractivity contribution in [2.24, 2.45) is 4.99 Å². The standard InChI is InChI=1S/C30H39N5O4/c1-28(2,3)21-15-13-19(14-16-21)23-22-12-10-11-20(24(22)33-18-32-23)17-31-25(34-26(36)38-29(4,5)6)35-27(37)39-30(7,8)9/h10-16,18H,17H2,1-9H3,(H2,31,34,35,36,37). The molecule has 3 aromatic rings. The molecule has 9 nitrogen and oxygen atoms in total. The van der Waals surface area contributed by atoms with E-state index in [0.29, 0.717) is 0 Å². The molecule has 0 saturated heterocycles. The predicted molar refractivity (Wildman–Crippen MR) is 154 cm³/mol. The number of aromatic nitrogens is 2. The Morgan fingerprint density at radius 2 is 1.36 bits per heavy atom. The number of para-hydroxylation sites is 1. The lowest BCUT2D eigenvalue weighted by molar-refractivity contribution is 0.0545. The van der Waals surface area contributed by atoms with Crippen LogP contribution in [0.3, 0.4) is 0 Å². The molecule has 2 amide bonds. The first-order valence-electron chi connectivity index (χ1n) is 12.9. The lowest BCUT2D eigenvalue weighted by Gasteiger charge is -2.22. The van der Waals surface area contributed by atoms with Crippen LogP contribution in [0.25, 0.3) is 22.2 Å². The minimum atomic E-state index is -0.751. The average molecular weight is 534 g/mol. The lowest BCUT2D eigenvalue weighted by atomic mass is 9.86. The van der Waals surface area contributed by atoms with Gasteiger partial charge in [0.2, 0.25) is 5.96 Å². The molecule has 39 heavy (non-hydrogen) atoms. The number of carbonyl (C=O) groups is 2. The molecule has 0 fully saturated rings. The number of ether oxygens (including phenoxy) is 2. The molecule has 208 valence electrons. The number of rotatable bonds is 3. The molecule has 0 aliphatic heterocycles. The van der Waals surface area contributed by atoms with Gasteiger partial charge in [0, 0.05) is 16.5 Å². The molecule has 3 rings (SSSR count). The molecular weight excluding hydrogens is 494 g/mol. The third kappa shape index (κ3) is 8.77. The second-order valence-corrected chi connectivity index (χ2v) is 12.3. The van der Waals surface area contributed by atoms with Crippen molar-refractivity contribution in [3.63, 3.8) is 0 Å². The highest BCUT2D eigenvalue weighted by Gasteiger charge is 2.21. The first kappa shape index (κ1) is 29.5. The predicted octanol–water partition coefficient (Wildman–Crippen LogP) is 6.50. The van der Waals surface area contributed by atoms with Crippen LogP contribution >= 0.6 is 0 Å². The van der Waals surface area contributed by atoms with E-state index in [4.69, 9.17) is 9.47 Å². The SMILES string of the molecule is CC(C)(C)OC(=O)NC(=NCc1cccc2c(-c3ccc(C(C)(C)C)cc3)ncnc12)NC(=O)OC(C)(C)C. The zero-order valence-electron chi connectivity index (χ0n) is 24.3. The lowest BCUT2D eigenvalue weighted by Crippen LogP contribution is -2.47. The molecule has 0 aliphatic rings. The number of hydrogen-bond donors (Lipinski definition) is 2. The largest absolute Gasteiger partial charge is 0.444 e. The Morgan fingerprint density at radius 1 is 0.795 bits per heavy atom. The molecule has 0 bridgehead atoms. The summed E-state index contributed by atoms with van der Waals surface area (Å²) in [5, 5.41) is 5.89. The zero-order valence-corrected chi connectivity index (χ0v) is 24.3. The molecule has 0 saturated carbocycles. The Labute approximate surface area is 230 Å². The van der Waals surface area contributed by atoms with Crippen molar-refractivity contribution in [1.29, 1.82) is 0 Å². The summed E-state index contributed by atoms with van der Waals surface area (Å²) in [4.78, 5) is 38.4. The summed E-state index contributed by atoms with van der Waals surface area (Å²) in [6.45, 7) is 17.1. The molecule has 0 unspecified atom stereocenters. The Balaban J connectivity index is 1.93. The van der Waals surface area contributed by atoms with Crippen LogP contribution < -0.4 is 10.6 Å². The number of amides is 2. The first-order valence-corrected chi connectivity index (χ1v) is 12.9. The maximum absolute atomic E-state index is 12.4. The second-order valence-electron chi connectivity index (χ2n) is 12.3. The average Bonchev–Trinajstić information content (AvgIpc) is 2.79. The van der Waals surface area contributed by atoms with Crippen LogP contribution in [0.1, 0.15) is 73.4 Å². The molecule has 0 atom stereocenters. The number of hydrogen-bond acceptors (Lipinski definition) is 7. The summed E-state index contributed by atoms with van der Waals surface area (Å²) in [5.74, 6) is -0.0949. The molecule has 9 heteroatoms. The number of benzene rings is 2. The fraction of sp³-hybridized carbons (Fsp3) is 0.433. The van der Waals surface area contributed by atoms with E-state index in [1.54, 1.807) is 41.5 Å². The van der Waals surface area contributed by atoms with Crippen molar-refractivity contribution in [1.82, 2.24) is 20.6 Å². The number of fused-ring (bicyclic) bond motifs is 1. The Kier molecular flexibility index (Phi) is 8.63. The molecule has 1 heterocycles. The Hall–Kier alpha value is -4.01. The monoisotopic (exact) mass is 533 g/mol. The summed E-state index contributed by atoms with van der Waals surface area (Å²) in [6.07, 6.45) is 0.0264. The molecule has 0 radical (unpaired) electrons. The number of nitrogens with one attached hydrogen (secondary N) is 2. The maximum Gasteiger partial charge on any atom is 0.414 e. The highest BCUT2D eigenvalue weighted by molar-refractivity contribution is 6.01. The maximum atomic E-state index is 12.4. The fourth-order valence-corrected chi connectivity index (χ4v) is 3.71. The Bertz CT molecular complexity index is 1330. The number of alkyl carbamates (subject to hydrolysis) is 2. The van der Waals surface area contributed by atoms with Gasteiger partial charge in [-0.1, -0.05) is 63.2 Å². The van der Waals surface area contributed by atoms with Crippen molar-refractivity contribution >= 4 is 29.0 Å². The van der Waals surface area contributed by atoms with Gasteiger partial charge in [-0.25, -0.2) is 24.5 Å². The summed E-state index contributed by atoms with van der Waals surface area (Å²) in [5.41, 5.74) is 3.14. The molecule has 0 aliphatic carbocycles. The van der Waals surface area contributed by atoms with Crippen LogP contribution in [0, 0.1) is 0 Å². The normalized spacial score (nSPS) is 12.0. The van der Waals surface area contributed by atoms with Crippen LogP contribution in [-0.4, -0.2) is 39.3 Å². The van der Waals surface area contributed by atoms with Gasteiger partial charge < -0.3 is 9.47 Å². The van der Waals surface area contributed by atoms with E-state index in [1.165, 1.54) is 11.9 Å². The second kappa shape index (κ2) is 11.4. The van der Waals surface area contributed by atoms with E-state index < -0.39 is 23.4 Å². The highest BCUT2D eigenvalue weighted by Crippen LogP contribution is 2.30. The zero-order chi connectivity index (χ0) is 29.0. The van der Waals surface area contributed by atoms with E-state index >= 15 is 0 Å². The molecule has 2 aromatic carbocycles.